The number of hydrogen-bond donors (Lipinski definition) is 0. The average Bonchev–Trinajstić information content (AvgIpc) is 3.09. The van der Waals surface area contributed by atoms with Crippen LogP contribution in [0.3, 0.4) is 0 Å². The van der Waals surface area contributed by atoms with E-state index in [-0.39, 0.29) is 22.8 Å². The van der Waals surface area contributed by atoms with Crippen molar-refractivity contribution in [2.45, 2.75) is 46.1 Å². The second kappa shape index (κ2) is 9.14. The van der Waals surface area contributed by atoms with Crippen molar-refractivity contribution in [2.24, 2.45) is 0 Å². The first-order valence-electron chi connectivity index (χ1n) is 9.26. The molecule has 0 aliphatic carbocycles. The zero-order chi connectivity index (χ0) is 18.7. The van der Waals surface area contributed by atoms with E-state index >= 15 is 0 Å². The fraction of sp³-hybridized carbons (Fsp3) is 0.304. The second-order valence-electron chi connectivity index (χ2n) is 7.38. The second-order valence-corrected chi connectivity index (χ2v) is 7.38. The van der Waals surface area contributed by atoms with Crippen LogP contribution in [0.15, 0.2) is 67.3 Å². The molecule has 0 aliphatic rings. The Morgan fingerprint density at radius 2 is 1.52 bits per heavy atom. The molecule has 3 rings (SSSR count). The van der Waals surface area contributed by atoms with Crippen molar-refractivity contribution in [3.63, 3.8) is 0 Å². The molecule has 0 saturated carbocycles. The number of imidazole rings is 1. The number of ketones is 1. The summed E-state index contributed by atoms with van der Waals surface area (Å²) < 4.78 is 4.11. The summed E-state index contributed by atoms with van der Waals surface area (Å²) in [5, 5.41) is 0. The number of carbonyl (C=O) groups excluding carboxylic acids is 1. The van der Waals surface area contributed by atoms with E-state index < -0.39 is 0 Å². The number of aromatic nitrogens is 2. The molecule has 0 fully saturated rings. The van der Waals surface area contributed by atoms with E-state index in [2.05, 4.69) is 50.5 Å². The van der Waals surface area contributed by atoms with Gasteiger partial charge in [-0.1, -0.05) is 76.2 Å². The molecule has 0 spiro atoms. The first-order valence-corrected chi connectivity index (χ1v) is 9.26. The molecule has 3 aromatic rings. The Labute approximate surface area is 172 Å². The Balaban J connectivity index is 0.00000261. The SMILES string of the molecule is CC(C)c1cccc(C(C)C)c1-n1cc[n+](CC(=O)c2ccccc2)c1.[Br-]. The Kier molecular flexibility index (Phi) is 7.14. The largest absolute Gasteiger partial charge is 1.00 e. The Morgan fingerprint density at radius 1 is 0.926 bits per heavy atom. The number of nitrogens with zero attached hydrogens (tertiary/aromatic N) is 2. The van der Waals surface area contributed by atoms with E-state index in [1.54, 1.807) is 0 Å². The molecular weight excluding hydrogens is 400 g/mol. The van der Waals surface area contributed by atoms with Crippen LogP contribution in [-0.2, 0) is 6.54 Å². The zero-order valence-corrected chi connectivity index (χ0v) is 18.0. The van der Waals surface area contributed by atoms with E-state index in [4.69, 9.17) is 0 Å². The lowest BCUT2D eigenvalue weighted by Crippen LogP contribution is -3.00. The van der Waals surface area contributed by atoms with Gasteiger partial charge in [-0.05, 0) is 11.8 Å². The minimum absolute atomic E-state index is 0. The summed E-state index contributed by atoms with van der Waals surface area (Å²) >= 11 is 0. The van der Waals surface area contributed by atoms with Gasteiger partial charge < -0.3 is 17.0 Å². The smallest absolute Gasteiger partial charge is 0.249 e. The molecule has 142 valence electrons. The third-order valence-electron chi connectivity index (χ3n) is 4.71. The summed E-state index contributed by atoms with van der Waals surface area (Å²) in [6.07, 6.45) is 6.04. The normalized spacial score (nSPS) is 10.9. The molecule has 0 atom stereocenters. The minimum atomic E-state index is 0. The lowest BCUT2D eigenvalue weighted by atomic mass is 9.92. The number of para-hydroxylation sites is 1. The molecule has 1 aromatic heterocycles. The average molecular weight is 427 g/mol. The Morgan fingerprint density at radius 3 is 2.07 bits per heavy atom. The fourth-order valence-electron chi connectivity index (χ4n) is 3.31. The highest BCUT2D eigenvalue weighted by atomic mass is 79.9. The molecule has 2 aromatic carbocycles. The maximum Gasteiger partial charge on any atom is 0.249 e. The third-order valence-corrected chi connectivity index (χ3v) is 4.71. The van der Waals surface area contributed by atoms with Crippen molar-refractivity contribution in [2.75, 3.05) is 0 Å². The third kappa shape index (κ3) is 4.75. The van der Waals surface area contributed by atoms with E-state index in [1.165, 1.54) is 16.8 Å². The van der Waals surface area contributed by atoms with Crippen molar-refractivity contribution in [1.82, 2.24) is 4.57 Å². The van der Waals surface area contributed by atoms with Crippen LogP contribution in [0, 0.1) is 0 Å². The summed E-state index contributed by atoms with van der Waals surface area (Å²) in [4.78, 5) is 12.5. The molecule has 0 bridgehead atoms. The lowest BCUT2D eigenvalue weighted by molar-refractivity contribution is -0.682. The number of carbonyl (C=O) groups is 1. The lowest BCUT2D eigenvalue weighted by Gasteiger charge is -2.16. The molecule has 0 aliphatic heterocycles. The van der Waals surface area contributed by atoms with Crippen LogP contribution in [0.1, 0.15) is 61.0 Å². The summed E-state index contributed by atoms with van der Waals surface area (Å²) in [5.74, 6) is 0.991. The van der Waals surface area contributed by atoms with Gasteiger partial charge in [-0.15, -0.1) is 0 Å². The van der Waals surface area contributed by atoms with Crippen molar-refractivity contribution >= 4 is 5.78 Å². The molecule has 0 unspecified atom stereocenters. The maximum atomic E-state index is 12.5. The van der Waals surface area contributed by atoms with Crippen molar-refractivity contribution in [3.8, 4) is 5.69 Å². The number of hydrogen-bond acceptors (Lipinski definition) is 1. The maximum absolute atomic E-state index is 12.5. The van der Waals surface area contributed by atoms with Gasteiger partial charge in [0, 0.05) is 16.7 Å². The van der Waals surface area contributed by atoms with Gasteiger partial charge in [-0.2, -0.15) is 0 Å². The monoisotopic (exact) mass is 426 g/mol. The fourth-order valence-corrected chi connectivity index (χ4v) is 3.31. The zero-order valence-electron chi connectivity index (χ0n) is 16.4. The van der Waals surface area contributed by atoms with E-state index in [0.717, 1.165) is 5.56 Å². The standard InChI is InChI=1S/C23H27N2O.BrH/c1-17(2)20-11-8-12-21(18(3)4)23(20)25-14-13-24(16-25)15-22(26)19-9-6-5-7-10-19;/h5-14,16-18H,15H2,1-4H3;1H/q+1;/p-1. The molecule has 27 heavy (non-hydrogen) atoms. The van der Waals surface area contributed by atoms with Crippen LogP contribution in [0.2, 0.25) is 0 Å². The van der Waals surface area contributed by atoms with Gasteiger partial charge in [0.05, 0.1) is 0 Å². The molecule has 0 amide bonds. The highest BCUT2D eigenvalue weighted by Gasteiger charge is 2.20. The molecule has 1 heterocycles. The van der Waals surface area contributed by atoms with Crippen molar-refractivity contribution in [3.05, 3.63) is 83.9 Å². The van der Waals surface area contributed by atoms with Crippen molar-refractivity contribution < 1.29 is 26.3 Å². The first-order chi connectivity index (χ1) is 12.5. The summed E-state index contributed by atoms with van der Waals surface area (Å²) in [7, 11) is 0. The number of benzene rings is 2. The van der Waals surface area contributed by atoms with Gasteiger partial charge in [0.15, 0.2) is 6.54 Å². The molecule has 0 N–H and O–H groups in total. The summed E-state index contributed by atoms with van der Waals surface area (Å²) in [6, 6.07) is 16.0. The van der Waals surface area contributed by atoms with Gasteiger partial charge in [0.2, 0.25) is 12.1 Å². The minimum Gasteiger partial charge on any atom is -1.00 e. The summed E-state index contributed by atoms with van der Waals surface area (Å²) in [5.41, 5.74) is 4.64. The van der Waals surface area contributed by atoms with Crippen LogP contribution < -0.4 is 21.5 Å². The van der Waals surface area contributed by atoms with Gasteiger partial charge in [0.1, 0.15) is 18.1 Å². The van der Waals surface area contributed by atoms with Crippen LogP contribution >= 0.6 is 0 Å². The van der Waals surface area contributed by atoms with Crippen LogP contribution in [-0.4, -0.2) is 10.4 Å². The topological polar surface area (TPSA) is 25.9 Å². The van der Waals surface area contributed by atoms with Gasteiger partial charge in [-0.3, -0.25) is 4.79 Å². The summed E-state index contributed by atoms with van der Waals surface area (Å²) in [6.45, 7) is 9.23. The van der Waals surface area contributed by atoms with Crippen LogP contribution in [0.25, 0.3) is 5.69 Å². The molecular formula is C23H27BrN2O. The van der Waals surface area contributed by atoms with Crippen LogP contribution in [0.4, 0.5) is 0 Å². The van der Waals surface area contributed by atoms with Gasteiger partial charge in [-0.25, -0.2) is 9.13 Å². The number of halogens is 1. The predicted molar refractivity (Wildman–Crippen MR) is 105 cm³/mol. The van der Waals surface area contributed by atoms with Crippen molar-refractivity contribution in [1.29, 1.82) is 0 Å². The highest BCUT2D eigenvalue weighted by molar-refractivity contribution is 5.94. The van der Waals surface area contributed by atoms with E-state index in [9.17, 15) is 4.79 Å². The molecule has 0 radical (unpaired) electrons. The number of rotatable bonds is 6. The van der Waals surface area contributed by atoms with E-state index in [0.29, 0.717) is 18.4 Å². The van der Waals surface area contributed by atoms with Gasteiger partial charge in [0.25, 0.3) is 0 Å². The molecule has 4 heteroatoms. The quantitative estimate of drug-likeness (QED) is 0.436. The van der Waals surface area contributed by atoms with Crippen LogP contribution in [0.5, 0.6) is 0 Å². The Bertz CT molecular complexity index is 872. The molecule has 0 saturated heterocycles. The van der Waals surface area contributed by atoms with E-state index in [1.807, 2.05) is 53.6 Å². The molecule has 3 nitrogen and oxygen atoms in total. The first kappa shape index (κ1) is 21.1. The predicted octanol–water partition coefficient (Wildman–Crippen LogP) is 1.90. The highest BCUT2D eigenvalue weighted by Crippen LogP contribution is 2.30. The Hall–Kier alpha value is -2.20. The van der Waals surface area contributed by atoms with Gasteiger partial charge >= 0.3 is 0 Å². The number of Topliss-reactive ketones (excluding diaryl/α,β-unsaturated/α-hetero) is 1.